The van der Waals surface area contributed by atoms with Gasteiger partial charge in [-0.25, -0.2) is 0 Å². The van der Waals surface area contributed by atoms with Crippen LogP contribution < -0.4 is 11.1 Å². The van der Waals surface area contributed by atoms with Crippen LogP contribution in [0, 0.1) is 6.92 Å². The maximum Gasteiger partial charge on any atom is 0.260 e. The summed E-state index contributed by atoms with van der Waals surface area (Å²) in [6, 6.07) is 2.47. The van der Waals surface area contributed by atoms with Crippen LogP contribution in [0.25, 0.3) is 0 Å². The van der Waals surface area contributed by atoms with Gasteiger partial charge in [0, 0.05) is 18.7 Å². The second-order valence-electron chi connectivity index (χ2n) is 5.51. The van der Waals surface area contributed by atoms with Gasteiger partial charge in [-0.2, -0.15) is 0 Å². The Hall–Kier alpha value is -3.09. The maximum atomic E-state index is 12.7. The molecular formula is C16H15N3O4. The first-order valence-electron chi connectivity index (χ1n) is 7.03. The van der Waals surface area contributed by atoms with Crippen molar-refractivity contribution < 1.29 is 19.5 Å². The number of aryl methyl sites for hydroxylation is 1. The molecule has 2 aliphatic heterocycles. The van der Waals surface area contributed by atoms with Crippen molar-refractivity contribution in [3.63, 3.8) is 0 Å². The molecule has 2 aliphatic rings. The predicted octanol–water partition coefficient (Wildman–Crippen LogP) is 0.793. The van der Waals surface area contributed by atoms with Gasteiger partial charge in [0.25, 0.3) is 5.91 Å². The van der Waals surface area contributed by atoms with Crippen LogP contribution in [0.15, 0.2) is 36.1 Å². The lowest BCUT2D eigenvalue weighted by Crippen LogP contribution is -2.38. The minimum Gasteiger partial charge on any atom is -0.505 e. The summed E-state index contributed by atoms with van der Waals surface area (Å²) >= 11 is 0. The van der Waals surface area contributed by atoms with Crippen molar-refractivity contribution in [2.24, 2.45) is 5.73 Å². The van der Waals surface area contributed by atoms with E-state index in [0.29, 0.717) is 11.1 Å². The molecule has 3 rings (SSSR count). The molecule has 0 radical (unpaired) electrons. The molecule has 0 unspecified atom stereocenters. The van der Waals surface area contributed by atoms with E-state index in [0.717, 1.165) is 0 Å². The third-order valence-electron chi connectivity index (χ3n) is 3.93. The number of nitrogens with one attached hydrogen (secondary N) is 1. The fourth-order valence-corrected chi connectivity index (χ4v) is 2.71. The van der Waals surface area contributed by atoms with Crippen molar-refractivity contribution in [2.75, 3.05) is 5.32 Å². The largest absolute Gasteiger partial charge is 0.505 e. The molecule has 1 atom stereocenters. The van der Waals surface area contributed by atoms with Crippen LogP contribution in [0.2, 0.25) is 0 Å². The molecule has 0 bridgehead atoms. The zero-order valence-electron chi connectivity index (χ0n) is 12.4. The number of amides is 3. The summed E-state index contributed by atoms with van der Waals surface area (Å²) in [5.74, 6) is -1.49. The maximum absolute atomic E-state index is 12.7. The summed E-state index contributed by atoms with van der Waals surface area (Å²) in [6.45, 7) is 1.69. The number of phenols is 1. The highest BCUT2D eigenvalue weighted by Crippen LogP contribution is 2.37. The molecule has 0 fully saturated rings. The van der Waals surface area contributed by atoms with Gasteiger partial charge in [-0.05, 0) is 24.1 Å². The third kappa shape index (κ3) is 2.46. The lowest BCUT2D eigenvalue weighted by atomic mass is 10.1. The summed E-state index contributed by atoms with van der Waals surface area (Å²) < 4.78 is 0. The number of primary amides is 1. The predicted molar refractivity (Wildman–Crippen MR) is 82.5 cm³/mol. The molecule has 0 aromatic heterocycles. The Bertz CT molecular complexity index is 795. The molecule has 0 saturated heterocycles. The van der Waals surface area contributed by atoms with E-state index in [1.165, 1.54) is 23.3 Å². The van der Waals surface area contributed by atoms with E-state index in [2.05, 4.69) is 5.32 Å². The van der Waals surface area contributed by atoms with E-state index in [-0.39, 0.29) is 29.3 Å². The lowest BCUT2D eigenvalue weighted by Gasteiger charge is -2.18. The Morgan fingerprint density at radius 2 is 2.17 bits per heavy atom. The van der Waals surface area contributed by atoms with Crippen LogP contribution >= 0.6 is 0 Å². The van der Waals surface area contributed by atoms with Crippen LogP contribution in [0.3, 0.4) is 0 Å². The van der Waals surface area contributed by atoms with Gasteiger partial charge in [0.15, 0.2) is 0 Å². The SMILES string of the molecule is Cc1ccc2c(c1O)NC(=O)[C@@H]1CC(/C=C/C(N)=O)=CN1C2=O. The fraction of sp³-hybridized carbons (Fsp3) is 0.188. The number of rotatable bonds is 2. The minimum atomic E-state index is -0.720. The summed E-state index contributed by atoms with van der Waals surface area (Å²) in [6.07, 6.45) is 4.47. The number of hydrogen-bond donors (Lipinski definition) is 3. The molecule has 7 heteroatoms. The first-order chi connectivity index (χ1) is 10.9. The Balaban J connectivity index is 2.03. The topological polar surface area (TPSA) is 113 Å². The molecule has 2 heterocycles. The number of benzene rings is 1. The Morgan fingerprint density at radius 3 is 2.87 bits per heavy atom. The second kappa shape index (κ2) is 5.28. The van der Waals surface area contributed by atoms with Gasteiger partial charge >= 0.3 is 0 Å². The zero-order valence-corrected chi connectivity index (χ0v) is 12.4. The number of carbonyl (C=O) groups excluding carboxylic acids is 3. The standard InChI is InChI=1S/C16H15N3O4/c1-8-2-4-10-13(14(8)21)18-15(22)11-6-9(3-5-12(17)20)7-19(11)16(10)23/h2-5,7,11,21H,6H2,1H3,(H2,17,20)(H,18,22)/b5-3+/t11-/m0/s1. The summed E-state index contributed by atoms with van der Waals surface area (Å²) in [5, 5.41) is 12.7. The Kier molecular flexibility index (Phi) is 3.40. The van der Waals surface area contributed by atoms with Gasteiger partial charge in [-0.15, -0.1) is 0 Å². The lowest BCUT2D eigenvalue weighted by molar-refractivity contribution is -0.119. The zero-order chi connectivity index (χ0) is 16.7. The monoisotopic (exact) mass is 313 g/mol. The third-order valence-corrected chi connectivity index (χ3v) is 3.93. The fourth-order valence-electron chi connectivity index (χ4n) is 2.71. The first kappa shape index (κ1) is 14.8. The van der Waals surface area contributed by atoms with Crippen molar-refractivity contribution in [2.45, 2.75) is 19.4 Å². The number of fused-ring (bicyclic) bond motifs is 2. The van der Waals surface area contributed by atoms with Crippen molar-refractivity contribution in [3.8, 4) is 5.75 Å². The molecule has 23 heavy (non-hydrogen) atoms. The van der Waals surface area contributed by atoms with E-state index < -0.39 is 17.9 Å². The van der Waals surface area contributed by atoms with Crippen molar-refractivity contribution >= 4 is 23.4 Å². The van der Waals surface area contributed by atoms with Crippen LogP contribution in [0.5, 0.6) is 5.75 Å². The molecule has 7 nitrogen and oxygen atoms in total. The average Bonchev–Trinajstić information content (AvgIpc) is 2.90. The second-order valence-corrected chi connectivity index (χ2v) is 5.51. The molecule has 0 aliphatic carbocycles. The Labute approximate surface area is 132 Å². The van der Waals surface area contributed by atoms with Crippen LogP contribution in [-0.2, 0) is 9.59 Å². The normalized spacial score (nSPS) is 20.0. The van der Waals surface area contributed by atoms with Crippen molar-refractivity contribution in [1.29, 1.82) is 0 Å². The van der Waals surface area contributed by atoms with Gasteiger partial charge < -0.3 is 21.1 Å². The molecule has 118 valence electrons. The van der Waals surface area contributed by atoms with E-state index in [1.807, 2.05) is 0 Å². The highest BCUT2D eigenvalue weighted by molar-refractivity contribution is 6.12. The molecule has 3 amide bonds. The van der Waals surface area contributed by atoms with Gasteiger partial charge in [0.1, 0.15) is 11.8 Å². The first-order valence-corrected chi connectivity index (χ1v) is 7.03. The van der Waals surface area contributed by atoms with Crippen LogP contribution in [0.1, 0.15) is 22.3 Å². The van der Waals surface area contributed by atoms with Crippen molar-refractivity contribution in [1.82, 2.24) is 4.90 Å². The average molecular weight is 313 g/mol. The molecule has 0 saturated carbocycles. The van der Waals surface area contributed by atoms with Gasteiger partial charge in [0.05, 0.1) is 11.3 Å². The van der Waals surface area contributed by atoms with E-state index in [4.69, 9.17) is 5.73 Å². The van der Waals surface area contributed by atoms with E-state index >= 15 is 0 Å². The molecule has 1 aromatic rings. The highest BCUT2D eigenvalue weighted by atomic mass is 16.3. The summed E-state index contributed by atoms with van der Waals surface area (Å²) in [7, 11) is 0. The van der Waals surface area contributed by atoms with Gasteiger partial charge in [-0.3, -0.25) is 14.4 Å². The highest BCUT2D eigenvalue weighted by Gasteiger charge is 2.39. The Morgan fingerprint density at radius 1 is 1.43 bits per heavy atom. The van der Waals surface area contributed by atoms with Gasteiger partial charge in [-0.1, -0.05) is 12.1 Å². The number of aromatic hydroxyl groups is 1. The molecule has 1 aromatic carbocycles. The number of phenolic OH excluding ortho intramolecular Hbond substituents is 1. The summed E-state index contributed by atoms with van der Waals surface area (Å²) in [5.41, 5.74) is 6.63. The molecule has 4 N–H and O–H groups in total. The van der Waals surface area contributed by atoms with Gasteiger partial charge in [0.2, 0.25) is 11.8 Å². The number of carbonyl (C=O) groups is 3. The minimum absolute atomic E-state index is 0.108. The van der Waals surface area contributed by atoms with Crippen molar-refractivity contribution in [3.05, 3.63) is 47.2 Å². The van der Waals surface area contributed by atoms with Crippen LogP contribution in [-0.4, -0.2) is 33.8 Å². The summed E-state index contributed by atoms with van der Waals surface area (Å²) in [4.78, 5) is 37.2. The quantitative estimate of drug-likeness (QED) is 0.553. The number of hydrogen-bond acceptors (Lipinski definition) is 4. The number of allylic oxidation sites excluding steroid dienone is 1. The molecule has 0 spiro atoms. The number of anilines is 1. The number of nitrogens with two attached hydrogens (primary N) is 1. The van der Waals surface area contributed by atoms with E-state index in [9.17, 15) is 19.5 Å². The smallest absolute Gasteiger partial charge is 0.260 e. The number of nitrogens with zero attached hydrogens (tertiary/aromatic N) is 1. The van der Waals surface area contributed by atoms with E-state index in [1.54, 1.807) is 19.1 Å². The molecular weight excluding hydrogens is 298 g/mol. The van der Waals surface area contributed by atoms with Crippen LogP contribution in [0.4, 0.5) is 5.69 Å².